The summed E-state index contributed by atoms with van der Waals surface area (Å²) < 4.78 is 6.98. The number of aromatic amines is 1. The number of nitrogens with one attached hydrogen (secondary N) is 2. The Bertz CT molecular complexity index is 1340. The van der Waals surface area contributed by atoms with Crippen molar-refractivity contribution in [1.82, 2.24) is 20.1 Å². The molecule has 2 heterocycles. The number of carbonyl (C=O) groups is 1. The van der Waals surface area contributed by atoms with Crippen LogP contribution in [0.25, 0.3) is 21.7 Å². The first-order valence-electron chi connectivity index (χ1n) is 10.1. The van der Waals surface area contributed by atoms with Crippen molar-refractivity contribution in [2.24, 2.45) is 0 Å². The van der Waals surface area contributed by atoms with Gasteiger partial charge in [-0.3, -0.25) is 24.5 Å². The van der Waals surface area contributed by atoms with E-state index in [4.69, 9.17) is 4.74 Å². The maximum Gasteiger partial charge on any atom is 0.273 e. The van der Waals surface area contributed by atoms with Crippen LogP contribution < -0.4 is 21.2 Å². The van der Waals surface area contributed by atoms with Crippen LogP contribution in [0.2, 0.25) is 0 Å². The zero-order chi connectivity index (χ0) is 21.6. The molecular formula is C23H22N4O4. The van der Waals surface area contributed by atoms with E-state index in [1.807, 2.05) is 30.3 Å². The third kappa shape index (κ3) is 4.63. The molecule has 0 fully saturated rings. The van der Waals surface area contributed by atoms with E-state index in [-0.39, 0.29) is 30.0 Å². The predicted molar refractivity (Wildman–Crippen MR) is 118 cm³/mol. The van der Waals surface area contributed by atoms with Crippen LogP contribution in [-0.2, 0) is 11.3 Å². The summed E-state index contributed by atoms with van der Waals surface area (Å²) in [7, 11) is 0. The number of fused-ring (bicyclic) bond motifs is 2. The number of nitrogens with zero attached hydrogens (tertiary/aromatic N) is 2. The molecule has 0 bridgehead atoms. The second-order valence-corrected chi connectivity index (χ2v) is 7.08. The predicted octanol–water partition coefficient (Wildman–Crippen LogP) is 2.21. The van der Waals surface area contributed by atoms with Gasteiger partial charge in [-0.2, -0.15) is 0 Å². The molecule has 0 aliphatic rings. The number of amides is 1. The molecule has 2 aromatic heterocycles. The summed E-state index contributed by atoms with van der Waals surface area (Å²) in [5.74, 6) is 0.511. The highest BCUT2D eigenvalue weighted by Crippen LogP contribution is 2.22. The first-order chi connectivity index (χ1) is 15.1. The average molecular weight is 418 g/mol. The van der Waals surface area contributed by atoms with E-state index in [2.05, 4.69) is 15.4 Å². The molecule has 0 saturated carbocycles. The Kier molecular flexibility index (Phi) is 6.07. The minimum Gasteiger partial charge on any atom is -0.491 e. The van der Waals surface area contributed by atoms with E-state index in [0.717, 1.165) is 10.9 Å². The number of aryl methyl sites for hydroxylation is 1. The molecule has 0 atom stereocenters. The van der Waals surface area contributed by atoms with Crippen LogP contribution in [0.5, 0.6) is 5.75 Å². The number of hydrogen-bond donors (Lipinski definition) is 2. The van der Waals surface area contributed by atoms with E-state index in [9.17, 15) is 14.4 Å². The van der Waals surface area contributed by atoms with Crippen molar-refractivity contribution in [1.29, 1.82) is 0 Å². The van der Waals surface area contributed by atoms with Crippen molar-refractivity contribution in [2.45, 2.75) is 19.4 Å². The maximum absolute atomic E-state index is 12.5. The molecule has 1 amide bonds. The maximum atomic E-state index is 12.5. The van der Waals surface area contributed by atoms with E-state index in [0.29, 0.717) is 36.1 Å². The molecular weight excluding hydrogens is 396 g/mol. The van der Waals surface area contributed by atoms with E-state index in [1.54, 1.807) is 30.5 Å². The smallest absolute Gasteiger partial charge is 0.273 e. The number of benzene rings is 2. The summed E-state index contributed by atoms with van der Waals surface area (Å²) in [6.45, 7) is 0.983. The summed E-state index contributed by atoms with van der Waals surface area (Å²) in [6, 6.07) is 16.2. The summed E-state index contributed by atoms with van der Waals surface area (Å²) in [5.41, 5.74) is 0.139. The molecule has 0 aliphatic heterocycles. The number of aromatic nitrogens is 3. The highest BCUT2D eigenvalue weighted by Gasteiger charge is 2.08. The van der Waals surface area contributed by atoms with Crippen LogP contribution in [0.4, 0.5) is 0 Å². The monoisotopic (exact) mass is 418 g/mol. The highest BCUT2D eigenvalue weighted by atomic mass is 16.5. The third-order valence-electron chi connectivity index (χ3n) is 4.94. The minimum atomic E-state index is -0.351. The van der Waals surface area contributed by atoms with Crippen molar-refractivity contribution in [2.75, 3.05) is 13.2 Å². The third-order valence-corrected chi connectivity index (χ3v) is 4.94. The Morgan fingerprint density at radius 3 is 2.71 bits per heavy atom. The fraction of sp³-hybridized carbons (Fsp3) is 0.217. The van der Waals surface area contributed by atoms with Gasteiger partial charge in [-0.1, -0.05) is 30.3 Å². The molecule has 2 aromatic carbocycles. The molecule has 0 unspecified atom stereocenters. The number of hydrogen-bond acceptors (Lipinski definition) is 5. The van der Waals surface area contributed by atoms with Gasteiger partial charge in [-0.25, -0.2) is 4.68 Å². The van der Waals surface area contributed by atoms with Crippen molar-refractivity contribution in [3.8, 4) is 5.75 Å². The van der Waals surface area contributed by atoms with Gasteiger partial charge in [-0.15, -0.1) is 0 Å². The first kappa shape index (κ1) is 20.3. The molecule has 0 radical (unpaired) electrons. The number of carbonyl (C=O) groups excluding carboxylic acids is 1. The van der Waals surface area contributed by atoms with Crippen molar-refractivity contribution >= 4 is 27.6 Å². The Labute approximate surface area is 177 Å². The molecule has 2 N–H and O–H groups in total. The molecule has 31 heavy (non-hydrogen) atoms. The second kappa shape index (κ2) is 9.25. The van der Waals surface area contributed by atoms with Crippen molar-refractivity contribution in [3.05, 3.63) is 81.5 Å². The number of H-pyrrole nitrogens is 1. The number of para-hydroxylation sites is 1. The SMILES string of the molecule is O=C(CCn1[nH]c(=O)c2ccccc2c1=O)NCCCOc1cccc2cccnc12. The number of ether oxygens (including phenoxy) is 1. The summed E-state index contributed by atoms with van der Waals surface area (Å²) in [4.78, 5) is 41.0. The lowest BCUT2D eigenvalue weighted by Gasteiger charge is -2.10. The van der Waals surface area contributed by atoms with Gasteiger partial charge in [0.2, 0.25) is 5.91 Å². The fourth-order valence-electron chi connectivity index (χ4n) is 3.38. The zero-order valence-corrected chi connectivity index (χ0v) is 16.8. The van der Waals surface area contributed by atoms with Gasteiger partial charge in [0.15, 0.2) is 0 Å². The van der Waals surface area contributed by atoms with Crippen LogP contribution in [0.3, 0.4) is 0 Å². The molecule has 8 heteroatoms. The van der Waals surface area contributed by atoms with Gasteiger partial charge in [0.25, 0.3) is 11.1 Å². The summed E-state index contributed by atoms with van der Waals surface area (Å²) in [6.07, 6.45) is 2.44. The highest BCUT2D eigenvalue weighted by molar-refractivity contribution is 5.84. The molecule has 158 valence electrons. The van der Waals surface area contributed by atoms with E-state index in [1.165, 1.54) is 4.68 Å². The topological polar surface area (TPSA) is 106 Å². The number of rotatable bonds is 8. The van der Waals surface area contributed by atoms with E-state index >= 15 is 0 Å². The van der Waals surface area contributed by atoms with Gasteiger partial charge in [0, 0.05) is 24.5 Å². The largest absolute Gasteiger partial charge is 0.491 e. The molecule has 0 aliphatic carbocycles. The van der Waals surface area contributed by atoms with Crippen LogP contribution >= 0.6 is 0 Å². The zero-order valence-electron chi connectivity index (χ0n) is 16.8. The minimum absolute atomic E-state index is 0.0856. The average Bonchev–Trinajstić information content (AvgIpc) is 2.80. The fourth-order valence-corrected chi connectivity index (χ4v) is 3.38. The Morgan fingerprint density at radius 2 is 1.84 bits per heavy atom. The molecule has 8 nitrogen and oxygen atoms in total. The standard InChI is InChI=1S/C23H22N4O4/c28-20(11-14-27-23(30)18-9-2-1-8-17(18)22(29)26-27)24-13-5-15-31-19-10-3-6-16-7-4-12-25-21(16)19/h1-4,6-10,12H,5,11,13-15H2,(H,24,28)(H,26,29). The Hall–Kier alpha value is -3.94. The first-order valence-corrected chi connectivity index (χ1v) is 10.1. The lowest BCUT2D eigenvalue weighted by Crippen LogP contribution is -2.32. The molecule has 0 saturated heterocycles. The van der Waals surface area contributed by atoms with Gasteiger partial charge in [0.1, 0.15) is 11.3 Å². The second-order valence-electron chi connectivity index (χ2n) is 7.08. The Balaban J connectivity index is 1.25. The van der Waals surface area contributed by atoms with Crippen LogP contribution in [0.15, 0.2) is 70.4 Å². The summed E-state index contributed by atoms with van der Waals surface area (Å²) >= 11 is 0. The van der Waals surface area contributed by atoms with Gasteiger partial charge in [-0.05, 0) is 30.7 Å². The van der Waals surface area contributed by atoms with Crippen LogP contribution in [-0.4, -0.2) is 33.8 Å². The Morgan fingerprint density at radius 1 is 1.03 bits per heavy atom. The molecule has 4 rings (SSSR count). The lowest BCUT2D eigenvalue weighted by molar-refractivity contribution is -0.121. The normalized spacial score (nSPS) is 11.0. The van der Waals surface area contributed by atoms with Gasteiger partial charge in [0.05, 0.1) is 23.9 Å². The van der Waals surface area contributed by atoms with Crippen molar-refractivity contribution < 1.29 is 9.53 Å². The van der Waals surface area contributed by atoms with Gasteiger partial charge >= 0.3 is 0 Å². The van der Waals surface area contributed by atoms with Crippen LogP contribution in [0.1, 0.15) is 12.8 Å². The van der Waals surface area contributed by atoms with Crippen molar-refractivity contribution in [3.63, 3.8) is 0 Å². The summed E-state index contributed by atoms with van der Waals surface area (Å²) in [5, 5.41) is 7.02. The lowest BCUT2D eigenvalue weighted by atomic mass is 10.2. The quantitative estimate of drug-likeness (QED) is 0.427. The van der Waals surface area contributed by atoms with Gasteiger partial charge < -0.3 is 10.1 Å². The van der Waals surface area contributed by atoms with E-state index < -0.39 is 0 Å². The van der Waals surface area contributed by atoms with Crippen LogP contribution in [0, 0.1) is 0 Å². The molecule has 0 spiro atoms. The number of pyridine rings is 1. The molecule has 4 aromatic rings.